The molecule has 2 unspecified atom stereocenters. The molecule has 20 heavy (non-hydrogen) atoms. The van der Waals surface area contributed by atoms with Crippen molar-refractivity contribution < 1.29 is 9.47 Å². The van der Waals surface area contributed by atoms with Crippen LogP contribution in [0.4, 0.5) is 0 Å². The molecule has 1 aliphatic rings. The minimum Gasteiger partial charge on any atom is -0.382 e. The van der Waals surface area contributed by atoms with E-state index in [1.807, 2.05) is 0 Å². The first-order valence-corrected chi connectivity index (χ1v) is 8.35. The van der Waals surface area contributed by atoms with Crippen LogP contribution in [0.1, 0.15) is 46.0 Å². The van der Waals surface area contributed by atoms with E-state index in [9.17, 15) is 0 Å². The third kappa shape index (κ3) is 7.02. The number of hydrogen-bond acceptors (Lipinski definition) is 4. The molecule has 2 atom stereocenters. The molecule has 0 aliphatic carbocycles. The van der Waals surface area contributed by atoms with E-state index in [4.69, 9.17) is 9.47 Å². The summed E-state index contributed by atoms with van der Waals surface area (Å²) in [6.07, 6.45) is 6.26. The fourth-order valence-electron chi connectivity index (χ4n) is 2.98. The largest absolute Gasteiger partial charge is 0.382 e. The second kappa shape index (κ2) is 11.5. The van der Waals surface area contributed by atoms with Crippen molar-refractivity contribution in [1.82, 2.24) is 10.2 Å². The Labute approximate surface area is 125 Å². The molecule has 0 amide bonds. The number of piperazine rings is 1. The van der Waals surface area contributed by atoms with Gasteiger partial charge in [-0.3, -0.25) is 4.90 Å². The molecule has 1 aliphatic heterocycles. The highest BCUT2D eigenvalue weighted by Crippen LogP contribution is 2.15. The summed E-state index contributed by atoms with van der Waals surface area (Å²) in [5.74, 6) is 0. The van der Waals surface area contributed by atoms with Crippen molar-refractivity contribution in [3.63, 3.8) is 0 Å². The molecule has 1 heterocycles. The van der Waals surface area contributed by atoms with Crippen molar-refractivity contribution in [3.05, 3.63) is 0 Å². The van der Waals surface area contributed by atoms with E-state index in [2.05, 4.69) is 24.1 Å². The van der Waals surface area contributed by atoms with E-state index in [1.165, 1.54) is 38.8 Å². The Morgan fingerprint density at radius 3 is 2.60 bits per heavy atom. The van der Waals surface area contributed by atoms with Gasteiger partial charge in [0.25, 0.3) is 0 Å². The molecule has 1 N–H and O–H groups in total. The molecule has 4 nitrogen and oxygen atoms in total. The fourth-order valence-corrected chi connectivity index (χ4v) is 2.98. The van der Waals surface area contributed by atoms with Crippen LogP contribution in [0.2, 0.25) is 0 Å². The van der Waals surface area contributed by atoms with Crippen LogP contribution in [0.5, 0.6) is 0 Å². The van der Waals surface area contributed by atoms with Crippen LogP contribution < -0.4 is 5.32 Å². The summed E-state index contributed by atoms with van der Waals surface area (Å²) in [4.78, 5) is 2.68. The van der Waals surface area contributed by atoms with Crippen LogP contribution in [0.3, 0.4) is 0 Å². The smallest absolute Gasteiger partial charge is 0.0700 e. The summed E-state index contributed by atoms with van der Waals surface area (Å²) in [6, 6.07) is 1.40. The quantitative estimate of drug-likeness (QED) is 0.591. The second-order valence-corrected chi connectivity index (χ2v) is 5.79. The number of rotatable bonds is 11. The van der Waals surface area contributed by atoms with Crippen LogP contribution in [-0.2, 0) is 9.47 Å². The van der Waals surface area contributed by atoms with Crippen LogP contribution in [0.25, 0.3) is 0 Å². The lowest BCUT2D eigenvalue weighted by atomic mass is 10.0. The van der Waals surface area contributed by atoms with Crippen molar-refractivity contribution in [2.45, 2.75) is 58.0 Å². The Morgan fingerprint density at radius 1 is 1.10 bits per heavy atom. The maximum atomic E-state index is 5.57. The number of hydrogen-bond donors (Lipinski definition) is 1. The van der Waals surface area contributed by atoms with Gasteiger partial charge in [0, 0.05) is 45.4 Å². The summed E-state index contributed by atoms with van der Waals surface area (Å²) in [6.45, 7) is 10.3. The van der Waals surface area contributed by atoms with Crippen molar-refractivity contribution in [2.75, 3.05) is 46.6 Å². The lowest BCUT2D eigenvalue weighted by molar-refractivity contribution is 0.0564. The number of ether oxygens (including phenoxy) is 2. The van der Waals surface area contributed by atoms with Gasteiger partial charge in [-0.25, -0.2) is 0 Å². The maximum Gasteiger partial charge on any atom is 0.0700 e. The molecule has 0 bridgehead atoms. The third-order valence-electron chi connectivity index (χ3n) is 4.04. The Bertz CT molecular complexity index is 227. The molecule has 0 aromatic rings. The van der Waals surface area contributed by atoms with Crippen LogP contribution in [0.15, 0.2) is 0 Å². The van der Waals surface area contributed by atoms with E-state index in [1.54, 1.807) is 7.11 Å². The Balaban J connectivity index is 2.24. The van der Waals surface area contributed by atoms with Gasteiger partial charge >= 0.3 is 0 Å². The highest BCUT2D eigenvalue weighted by Gasteiger charge is 2.26. The van der Waals surface area contributed by atoms with E-state index >= 15 is 0 Å². The van der Waals surface area contributed by atoms with E-state index in [-0.39, 0.29) is 0 Å². The Kier molecular flexibility index (Phi) is 10.3. The fraction of sp³-hybridized carbons (Fsp3) is 1.00. The third-order valence-corrected chi connectivity index (χ3v) is 4.04. The van der Waals surface area contributed by atoms with Gasteiger partial charge in [0.1, 0.15) is 0 Å². The highest BCUT2D eigenvalue weighted by atomic mass is 16.5. The van der Waals surface area contributed by atoms with Gasteiger partial charge in [0.15, 0.2) is 0 Å². The number of nitrogens with one attached hydrogen (secondary N) is 1. The van der Waals surface area contributed by atoms with Gasteiger partial charge in [0.05, 0.1) is 13.2 Å². The normalized spacial score (nSPS) is 24.1. The molecule has 1 fully saturated rings. The lowest BCUT2D eigenvalue weighted by Crippen LogP contribution is -2.56. The monoisotopic (exact) mass is 286 g/mol. The zero-order chi connectivity index (χ0) is 14.6. The first-order chi connectivity index (χ1) is 9.81. The number of methoxy groups -OCH3 is 1. The Morgan fingerprint density at radius 2 is 1.90 bits per heavy atom. The zero-order valence-electron chi connectivity index (χ0n) is 13.7. The van der Waals surface area contributed by atoms with Gasteiger partial charge in [-0.05, 0) is 19.3 Å². The predicted octanol–water partition coefficient (Wildman–Crippen LogP) is 2.28. The van der Waals surface area contributed by atoms with Gasteiger partial charge in [-0.1, -0.05) is 26.7 Å². The average molecular weight is 286 g/mol. The summed E-state index contributed by atoms with van der Waals surface area (Å²) in [5.41, 5.74) is 0. The molecule has 0 saturated carbocycles. The summed E-state index contributed by atoms with van der Waals surface area (Å²) >= 11 is 0. The highest BCUT2D eigenvalue weighted by molar-refractivity contribution is 4.85. The average Bonchev–Trinajstić information content (AvgIpc) is 2.45. The van der Waals surface area contributed by atoms with E-state index in [0.29, 0.717) is 18.7 Å². The maximum absolute atomic E-state index is 5.57. The van der Waals surface area contributed by atoms with E-state index in [0.717, 1.165) is 26.2 Å². The van der Waals surface area contributed by atoms with Gasteiger partial charge < -0.3 is 14.8 Å². The van der Waals surface area contributed by atoms with Crippen molar-refractivity contribution >= 4 is 0 Å². The zero-order valence-corrected chi connectivity index (χ0v) is 13.7. The second-order valence-electron chi connectivity index (χ2n) is 5.79. The van der Waals surface area contributed by atoms with Gasteiger partial charge in [-0.2, -0.15) is 0 Å². The molecule has 0 spiro atoms. The molecule has 0 aromatic heterocycles. The minimum absolute atomic E-state index is 0.683. The SMILES string of the molecule is CCCC1CN(CCCOCCOC)C(CCC)CN1. The first kappa shape index (κ1) is 17.9. The Hall–Kier alpha value is -0.160. The molecule has 0 aromatic carbocycles. The van der Waals surface area contributed by atoms with Gasteiger partial charge in [0.2, 0.25) is 0 Å². The molecule has 1 saturated heterocycles. The van der Waals surface area contributed by atoms with Crippen LogP contribution >= 0.6 is 0 Å². The van der Waals surface area contributed by atoms with Crippen molar-refractivity contribution in [2.24, 2.45) is 0 Å². The van der Waals surface area contributed by atoms with Gasteiger partial charge in [-0.15, -0.1) is 0 Å². The van der Waals surface area contributed by atoms with Crippen molar-refractivity contribution in [3.8, 4) is 0 Å². The lowest BCUT2D eigenvalue weighted by Gasteiger charge is -2.40. The summed E-state index contributed by atoms with van der Waals surface area (Å²) < 4.78 is 10.6. The molecule has 120 valence electrons. The summed E-state index contributed by atoms with van der Waals surface area (Å²) in [5, 5.41) is 3.71. The topological polar surface area (TPSA) is 33.7 Å². The predicted molar refractivity (Wildman–Crippen MR) is 84.3 cm³/mol. The number of nitrogens with zero attached hydrogens (tertiary/aromatic N) is 1. The standard InChI is InChI=1S/C16H34N2O2/c1-4-7-15-14-18(16(8-5-2)13-17-15)9-6-10-20-12-11-19-3/h15-17H,4-14H2,1-3H3. The molecule has 1 rings (SSSR count). The first-order valence-electron chi connectivity index (χ1n) is 8.35. The minimum atomic E-state index is 0.683. The molecular formula is C16H34N2O2. The summed E-state index contributed by atoms with van der Waals surface area (Å²) in [7, 11) is 1.72. The van der Waals surface area contributed by atoms with Crippen molar-refractivity contribution in [1.29, 1.82) is 0 Å². The van der Waals surface area contributed by atoms with Crippen LogP contribution in [-0.4, -0.2) is 63.5 Å². The van der Waals surface area contributed by atoms with E-state index < -0.39 is 0 Å². The molecular weight excluding hydrogens is 252 g/mol. The molecule has 4 heteroatoms. The molecule has 0 radical (unpaired) electrons. The van der Waals surface area contributed by atoms with Crippen LogP contribution in [0, 0.1) is 0 Å².